The van der Waals surface area contributed by atoms with Crippen molar-refractivity contribution in [3.8, 4) is 17.5 Å². The molecule has 2 heterocycles. The van der Waals surface area contributed by atoms with Crippen LogP contribution in [-0.2, 0) is 5.54 Å². The minimum atomic E-state index is -0.644. The van der Waals surface area contributed by atoms with Crippen LogP contribution in [0.1, 0.15) is 12.5 Å². The van der Waals surface area contributed by atoms with Gasteiger partial charge < -0.3 is 10.3 Å². The van der Waals surface area contributed by atoms with E-state index in [9.17, 15) is 4.79 Å². The first-order valence-corrected chi connectivity index (χ1v) is 8.30. The smallest absolute Gasteiger partial charge is 0.254 e. The number of nitrogens with one attached hydrogen (secondary N) is 3. The van der Waals surface area contributed by atoms with Crippen LogP contribution >= 0.6 is 0 Å². The molecule has 1 aliphatic rings. The van der Waals surface area contributed by atoms with Gasteiger partial charge in [0.15, 0.2) is 6.19 Å². The Bertz CT molecular complexity index is 1120. The fraction of sp³-hybridized carbons (Fsp3) is 0.150. The van der Waals surface area contributed by atoms with Crippen LogP contribution in [0.5, 0.6) is 0 Å². The van der Waals surface area contributed by atoms with Gasteiger partial charge in [0.2, 0.25) is 5.96 Å². The van der Waals surface area contributed by atoms with Crippen LogP contribution < -0.4 is 16.2 Å². The molecule has 0 saturated heterocycles. The Morgan fingerprint density at radius 2 is 1.96 bits per heavy atom. The molecule has 26 heavy (non-hydrogen) atoms. The van der Waals surface area contributed by atoms with Crippen molar-refractivity contribution < 1.29 is 0 Å². The maximum Gasteiger partial charge on any atom is 0.254 e. The predicted molar refractivity (Wildman–Crippen MR) is 102 cm³/mol. The number of aromatic amines is 1. The van der Waals surface area contributed by atoms with E-state index in [4.69, 9.17) is 5.26 Å². The highest BCUT2D eigenvalue weighted by Crippen LogP contribution is 2.25. The average molecular weight is 343 g/mol. The summed E-state index contributed by atoms with van der Waals surface area (Å²) in [5, 5.41) is 16.6. The summed E-state index contributed by atoms with van der Waals surface area (Å²) in [7, 11) is 0. The number of hydrogen-bond donors (Lipinski definition) is 3. The Morgan fingerprint density at radius 1 is 1.15 bits per heavy atom. The lowest BCUT2D eigenvalue weighted by Crippen LogP contribution is -2.46. The zero-order valence-corrected chi connectivity index (χ0v) is 14.2. The van der Waals surface area contributed by atoms with Crippen LogP contribution in [0, 0.1) is 11.5 Å². The Labute approximate surface area is 150 Å². The van der Waals surface area contributed by atoms with Crippen LogP contribution in [0.2, 0.25) is 0 Å². The summed E-state index contributed by atoms with van der Waals surface area (Å²) in [6.45, 7) is 2.28. The zero-order chi connectivity index (χ0) is 18.1. The van der Waals surface area contributed by atoms with E-state index in [1.54, 1.807) is 0 Å². The molecule has 6 nitrogen and oxygen atoms in total. The van der Waals surface area contributed by atoms with Crippen molar-refractivity contribution in [1.82, 2.24) is 15.6 Å². The van der Waals surface area contributed by atoms with Gasteiger partial charge in [-0.3, -0.25) is 10.1 Å². The van der Waals surface area contributed by atoms with Gasteiger partial charge in [-0.05, 0) is 41.5 Å². The second-order valence-corrected chi connectivity index (χ2v) is 6.54. The molecule has 1 aliphatic heterocycles. The number of pyridine rings is 1. The number of aromatic nitrogens is 1. The number of H-pyrrole nitrogens is 1. The standard InChI is InChI=1S/C20H17N5O/c1-20(11-22-19(25-20)23-12-21)16-8-9-17(24-18(16)26)15-7-6-13-4-2-3-5-14(13)10-15/h2-10H,11H2,1H3,(H,24,26)(H2,22,23,25). The van der Waals surface area contributed by atoms with E-state index in [0.29, 0.717) is 18.1 Å². The van der Waals surface area contributed by atoms with Gasteiger partial charge in [-0.15, -0.1) is 0 Å². The third kappa shape index (κ3) is 2.70. The van der Waals surface area contributed by atoms with E-state index in [0.717, 1.165) is 22.0 Å². The summed E-state index contributed by atoms with van der Waals surface area (Å²) < 4.78 is 0. The molecule has 2 aromatic carbocycles. The fourth-order valence-corrected chi connectivity index (χ4v) is 3.29. The Morgan fingerprint density at radius 3 is 2.73 bits per heavy atom. The molecular weight excluding hydrogens is 326 g/mol. The first-order chi connectivity index (χ1) is 12.6. The minimum Gasteiger partial charge on any atom is -0.344 e. The van der Waals surface area contributed by atoms with E-state index in [2.05, 4.69) is 38.8 Å². The van der Waals surface area contributed by atoms with Crippen molar-refractivity contribution in [2.45, 2.75) is 12.5 Å². The van der Waals surface area contributed by atoms with Crippen LogP contribution in [0.4, 0.5) is 0 Å². The number of nitriles is 1. The molecule has 1 unspecified atom stereocenters. The molecular formula is C20H17N5O. The highest BCUT2D eigenvalue weighted by molar-refractivity contribution is 5.87. The first-order valence-electron chi connectivity index (χ1n) is 8.30. The maximum absolute atomic E-state index is 12.7. The van der Waals surface area contributed by atoms with Gasteiger partial charge in [0.1, 0.15) is 0 Å². The molecule has 0 aliphatic carbocycles. The molecule has 3 N–H and O–H groups in total. The van der Waals surface area contributed by atoms with Gasteiger partial charge in [-0.2, -0.15) is 5.26 Å². The van der Waals surface area contributed by atoms with E-state index in [-0.39, 0.29) is 5.56 Å². The summed E-state index contributed by atoms with van der Waals surface area (Å²) in [4.78, 5) is 19.9. The normalized spacial score (nSPS) is 18.8. The molecule has 0 bridgehead atoms. The summed E-state index contributed by atoms with van der Waals surface area (Å²) in [6.07, 6.45) is 1.83. The molecule has 1 atom stereocenters. The topological polar surface area (TPSA) is 93.1 Å². The van der Waals surface area contributed by atoms with Gasteiger partial charge in [0.25, 0.3) is 5.56 Å². The van der Waals surface area contributed by atoms with E-state index < -0.39 is 5.54 Å². The van der Waals surface area contributed by atoms with E-state index >= 15 is 0 Å². The molecule has 128 valence electrons. The Hall–Kier alpha value is -3.59. The number of nitrogens with zero attached hydrogens (tertiary/aromatic N) is 2. The highest BCUT2D eigenvalue weighted by atomic mass is 16.1. The third-order valence-electron chi connectivity index (χ3n) is 4.69. The van der Waals surface area contributed by atoms with E-state index in [1.165, 1.54) is 0 Å². The largest absolute Gasteiger partial charge is 0.344 e. The molecule has 0 radical (unpaired) electrons. The first kappa shape index (κ1) is 15.9. The number of guanidine groups is 1. The molecule has 6 heteroatoms. The quantitative estimate of drug-likeness (QED) is 0.492. The highest BCUT2D eigenvalue weighted by Gasteiger charge is 2.34. The molecule has 0 spiro atoms. The predicted octanol–water partition coefficient (Wildman–Crippen LogP) is 2.44. The monoisotopic (exact) mass is 343 g/mol. The van der Waals surface area contributed by atoms with Gasteiger partial charge in [0, 0.05) is 11.3 Å². The van der Waals surface area contributed by atoms with Crippen molar-refractivity contribution in [3.05, 3.63) is 70.5 Å². The summed E-state index contributed by atoms with van der Waals surface area (Å²) >= 11 is 0. The minimum absolute atomic E-state index is 0.168. The van der Waals surface area contributed by atoms with Crippen molar-refractivity contribution in [2.24, 2.45) is 4.99 Å². The molecule has 4 rings (SSSR count). The van der Waals surface area contributed by atoms with Crippen molar-refractivity contribution >= 4 is 16.7 Å². The summed E-state index contributed by atoms with van der Waals surface area (Å²) in [5.74, 6) is 0.382. The SMILES string of the molecule is CC1(c2ccc(-c3ccc4ccccc4c3)[nH]c2=O)CN=C(NC#N)N1. The average Bonchev–Trinajstić information content (AvgIpc) is 3.03. The Kier molecular flexibility index (Phi) is 3.70. The Balaban J connectivity index is 1.68. The lowest BCUT2D eigenvalue weighted by molar-refractivity contribution is 0.473. The van der Waals surface area contributed by atoms with Crippen molar-refractivity contribution in [3.63, 3.8) is 0 Å². The lowest BCUT2D eigenvalue weighted by atomic mass is 9.93. The number of rotatable bonds is 2. The molecule has 3 aromatic rings. The van der Waals surface area contributed by atoms with Crippen molar-refractivity contribution in [2.75, 3.05) is 6.54 Å². The fourth-order valence-electron chi connectivity index (χ4n) is 3.29. The van der Waals surface area contributed by atoms with E-state index in [1.807, 2.05) is 49.5 Å². The second-order valence-electron chi connectivity index (χ2n) is 6.54. The van der Waals surface area contributed by atoms with Crippen LogP contribution in [0.3, 0.4) is 0 Å². The third-order valence-corrected chi connectivity index (χ3v) is 4.69. The number of benzene rings is 2. The summed E-state index contributed by atoms with van der Waals surface area (Å²) in [6, 6.07) is 18.0. The molecule has 0 saturated carbocycles. The molecule has 0 amide bonds. The van der Waals surface area contributed by atoms with Crippen molar-refractivity contribution in [1.29, 1.82) is 5.26 Å². The van der Waals surface area contributed by atoms with Gasteiger partial charge in [0.05, 0.1) is 12.1 Å². The van der Waals surface area contributed by atoms with Crippen LogP contribution in [-0.4, -0.2) is 17.5 Å². The summed E-state index contributed by atoms with van der Waals surface area (Å²) in [5.41, 5.74) is 1.50. The number of hydrogen-bond acceptors (Lipinski definition) is 5. The zero-order valence-electron chi connectivity index (χ0n) is 14.2. The van der Waals surface area contributed by atoms with Gasteiger partial charge >= 0.3 is 0 Å². The lowest BCUT2D eigenvalue weighted by Gasteiger charge is -2.24. The molecule has 0 fully saturated rings. The van der Waals surface area contributed by atoms with Crippen LogP contribution in [0.15, 0.2) is 64.4 Å². The van der Waals surface area contributed by atoms with Gasteiger partial charge in [-0.1, -0.05) is 36.4 Å². The van der Waals surface area contributed by atoms with Crippen LogP contribution in [0.25, 0.3) is 22.0 Å². The van der Waals surface area contributed by atoms with Gasteiger partial charge in [-0.25, -0.2) is 4.99 Å². The number of fused-ring (bicyclic) bond motifs is 1. The number of aliphatic imine (C=N–C) groups is 1. The maximum atomic E-state index is 12.7. The molecule has 1 aromatic heterocycles. The second kappa shape index (κ2) is 6.05.